The molecule has 15 N–H and O–H groups in total. The van der Waals surface area contributed by atoms with Crippen LogP contribution in [-0.4, -0.2) is 265 Å². The molecule has 4 aliphatic heterocycles. The van der Waals surface area contributed by atoms with E-state index in [-0.39, 0.29) is 140 Å². The zero-order valence-corrected chi connectivity index (χ0v) is 64.2. The molecule has 6 rings (SSSR count). The summed E-state index contributed by atoms with van der Waals surface area (Å²) >= 11 is 4.17. The van der Waals surface area contributed by atoms with Crippen LogP contribution in [0.4, 0.5) is 0 Å². The van der Waals surface area contributed by atoms with E-state index in [4.69, 9.17) is 11.5 Å². The van der Waals surface area contributed by atoms with Crippen molar-refractivity contribution in [1.29, 1.82) is 0 Å². The molecule has 4 aliphatic rings. The molecule has 3 saturated heterocycles. The highest BCUT2D eigenvalue weighted by molar-refractivity contribution is 7.99. The van der Waals surface area contributed by atoms with E-state index in [0.29, 0.717) is 54.3 Å². The van der Waals surface area contributed by atoms with E-state index < -0.39 is 136 Å². The molecule has 10 amide bonds. The lowest BCUT2D eigenvalue weighted by atomic mass is 10.0. The first-order valence-corrected chi connectivity index (χ1v) is 44.6. The summed E-state index contributed by atoms with van der Waals surface area (Å²) in [4.78, 5) is 179. The van der Waals surface area contributed by atoms with Gasteiger partial charge in [0.2, 0.25) is 81.2 Å². The number of carbonyl (C=O) groups is 10. The number of amides is 10. The Balaban J connectivity index is 1.22. The number of aliphatic hydroxyl groups is 2. The summed E-state index contributed by atoms with van der Waals surface area (Å²) in [6.07, 6.45) is -0.506. The van der Waals surface area contributed by atoms with Gasteiger partial charge in [-0.15, -0.1) is 0 Å². The second kappa shape index (κ2) is 42.8. The topological polar surface area (TPSA) is 463 Å². The number of aliphatic hydroxyl groups excluding tert-OH is 2. The van der Waals surface area contributed by atoms with Gasteiger partial charge in [0, 0.05) is 125 Å². The molecule has 0 spiro atoms. The minimum absolute atomic E-state index is 0.0255. The number of rotatable bonds is 28. The average molecular weight is 1560 g/mol. The van der Waals surface area contributed by atoms with Crippen LogP contribution in [-0.2, 0) is 85.3 Å². The maximum absolute atomic E-state index is 14.9. The minimum Gasteiger partial charge on any atom is -0.386 e. The molecule has 2 bridgehead atoms. The van der Waals surface area contributed by atoms with Crippen LogP contribution in [0.5, 0.6) is 0 Å². The quantitative estimate of drug-likeness (QED) is 0.0418. The number of unbranched alkanes of at least 4 members (excludes halogenated alkanes) is 2. The number of carbonyl (C=O) groups excluding carboxylic acids is 10. The van der Waals surface area contributed by atoms with Crippen molar-refractivity contribution in [3.05, 3.63) is 70.8 Å². The Morgan fingerprint density at radius 2 is 1.18 bits per heavy atom. The number of fused-ring (bicyclic) bond motifs is 4. The van der Waals surface area contributed by atoms with Crippen molar-refractivity contribution in [3.8, 4) is 0 Å². The molecular weight excluding hydrogens is 1450 g/mol. The normalized spacial score (nSPS) is 24.4. The van der Waals surface area contributed by atoms with Crippen molar-refractivity contribution in [2.75, 3.05) is 114 Å². The van der Waals surface area contributed by atoms with E-state index in [1.165, 1.54) is 45.1 Å². The van der Waals surface area contributed by atoms with E-state index in [2.05, 4.69) is 31.9 Å². The third-order valence-electron chi connectivity index (χ3n) is 18.1. The molecule has 2 aromatic rings. The lowest BCUT2D eigenvalue weighted by Gasteiger charge is -2.33. The lowest BCUT2D eigenvalue weighted by molar-refractivity contribution is -0.148. The van der Waals surface area contributed by atoms with Crippen LogP contribution in [0.1, 0.15) is 114 Å². The summed E-state index contributed by atoms with van der Waals surface area (Å²) in [5, 5.41) is 35.7. The van der Waals surface area contributed by atoms with E-state index in [0.717, 1.165) is 29.5 Å². The first-order valence-electron chi connectivity index (χ1n) is 35.1. The molecule has 10 atom stereocenters. The fourth-order valence-electron chi connectivity index (χ4n) is 12.6. The average Bonchev–Trinajstić information content (AvgIpc) is 1.70. The standard InChI is InChI=1S/C66H106N13O18P3S3/c1-4-5-7-16-58(84)70-53-39-103-37-49-32-47(35-101-30-20-69-57(83)19-29-98(92,93)40-75-23-25-76(41-99(94,95)43-80)27-28-77(26-24-75)42-100(96,97)44-81)31-48(33-49)36-102-38-52(60(68)85)73-62(87)51(34-46-12-8-6-9-13-46)72-61(86)50(17-18-56(67)82)71-64(89)59(45(2)3)74-63(88)54-14-10-21-78(54)66(91)55-15-11-22-79(55)65(53)90/h6,8-9,12-13,31-33,45,50-55,59,80-81H,4-5,7,10-11,14-30,34-44H2,1-3H3,(H2,67,82)(H2,68,85)(H,69,83)(H,70,84)(H,71,89)(H,72,86)(H,73,87)(H,74,88)(H,92,93)(H,94,95)(H,96,97)/t50-,51-,52-,53-,54-,55-,59-/m0/s1. The van der Waals surface area contributed by atoms with E-state index in [1.807, 2.05) is 25.1 Å². The summed E-state index contributed by atoms with van der Waals surface area (Å²) in [6.45, 7) is 7.00. The Kier molecular flexibility index (Phi) is 35.9. The van der Waals surface area contributed by atoms with Gasteiger partial charge >= 0.3 is 0 Å². The summed E-state index contributed by atoms with van der Waals surface area (Å²) in [7, 11) is -11.9. The molecular formula is C66H106N13O18P3S3. The van der Waals surface area contributed by atoms with Crippen LogP contribution in [0.25, 0.3) is 0 Å². The van der Waals surface area contributed by atoms with Gasteiger partial charge in [0.1, 0.15) is 55.0 Å². The molecule has 0 aliphatic carbocycles. The zero-order valence-electron chi connectivity index (χ0n) is 59.1. The summed E-state index contributed by atoms with van der Waals surface area (Å²) in [5.41, 5.74) is 14.6. The fraction of sp³-hybridized carbons (Fsp3) is 0.667. The molecule has 3 unspecified atom stereocenters. The number of nitrogens with one attached hydrogen (secondary N) is 6. The number of nitrogens with zero attached hydrogens (tertiary/aromatic N) is 5. The predicted molar refractivity (Wildman–Crippen MR) is 396 cm³/mol. The molecule has 0 aromatic heterocycles. The van der Waals surface area contributed by atoms with Crippen molar-refractivity contribution in [2.24, 2.45) is 17.4 Å². The maximum atomic E-state index is 14.9. The number of benzene rings is 2. The van der Waals surface area contributed by atoms with E-state index in [9.17, 15) is 86.5 Å². The molecule has 576 valence electrons. The van der Waals surface area contributed by atoms with Gasteiger partial charge in [0.15, 0.2) is 0 Å². The van der Waals surface area contributed by atoms with Gasteiger partial charge in [-0.3, -0.25) is 76.3 Å². The summed E-state index contributed by atoms with van der Waals surface area (Å²) < 4.78 is 38.6. The van der Waals surface area contributed by atoms with Gasteiger partial charge in [-0.1, -0.05) is 82.1 Å². The zero-order chi connectivity index (χ0) is 75.4. The molecule has 2 aromatic carbocycles. The van der Waals surface area contributed by atoms with Crippen LogP contribution in [0.2, 0.25) is 0 Å². The van der Waals surface area contributed by atoms with Crippen LogP contribution >= 0.6 is 57.4 Å². The maximum Gasteiger partial charge on any atom is 0.246 e. The highest BCUT2D eigenvalue weighted by Crippen LogP contribution is 2.43. The highest BCUT2D eigenvalue weighted by Gasteiger charge is 2.45. The van der Waals surface area contributed by atoms with Gasteiger partial charge in [-0.05, 0) is 66.7 Å². The molecule has 37 heteroatoms. The Morgan fingerprint density at radius 3 is 1.75 bits per heavy atom. The first-order chi connectivity index (χ1) is 48.9. The van der Waals surface area contributed by atoms with Crippen LogP contribution in [0.3, 0.4) is 0 Å². The molecule has 31 nitrogen and oxygen atoms in total. The third-order valence-corrected chi connectivity index (χ3v) is 25.7. The number of hydrogen-bond acceptors (Lipinski definition) is 21. The lowest BCUT2D eigenvalue weighted by Crippen LogP contribution is -2.60. The monoisotopic (exact) mass is 1560 g/mol. The van der Waals surface area contributed by atoms with Crippen LogP contribution < -0.4 is 43.4 Å². The highest BCUT2D eigenvalue weighted by atomic mass is 32.2. The second-order valence-corrected chi connectivity index (χ2v) is 37.2. The molecule has 4 heterocycles. The SMILES string of the molecule is CCCCCC(=O)N[C@H]1CSCc2cc(CSCCNC(=O)CCP(=O)(O)CN3CCN(CP(=O)(O)CO)CCN(CP(=O)(O)CO)CC3)cc(c2)CSC[C@@H](C(N)=O)NC(=O)[C@H](Cc2ccccc2)NC(=O)[C@H](CCC(N)=O)NC(=O)[C@H](C(C)C)NC(=O)[C@@H]2CCCN2C(=O)[C@@H]2CCCN2C1=O. The van der Waals surface area contributed by atoms with E-state index in [1.54, 1.807) is 58.9 Å². The fourth-order valence-corrected chi connectivity index (χ4v) is 18.9. The van der Waals surface area contributed by atoms with Gasteiger partial charge in [0.05, 0.1) is 18.9 Å². The van der Waals surface area contributed by atoms with Crippen LogP contribution in [0, 0.1) is 5.92 Å². The van der Waals surface area contributed by atoms with Gasteiger partial charge in [-0.2, -0.15) is 35.3 Å². The molecule has 103 heavy (non-hydrogen) atoms. The number of thioether (sulfide) groups is 3. The van der Waals surface area contributed by atoms with Gasteiger partial charge in [-0.25, -0.2) is 0 Å². The second-order valence-electron chi connectivity index (χ2n) is 27.1. The number of nitrogens with two attached hydrogens (primary N) is 2. The Labute approximate surface area is 615 Å². The van der Waals surface area contributed by atoms with Crippen molar-refractivity contribution < 1.29 is 86.5 Å². The Hall–Kier alpha value is -5.44. The Bertz CT molecular complexity index is 3340. The largest absolute Gasteiger partial charge is 0.386 e. The van der Waals surface area contributed by atoms with Crippen molar-refractivity contribution in [3.63, 3.8) is 0 Å². The Morgan fingerprint density at radius 1 is 0.631 bits per heavy atom. The van der Waals surface area contributed by atoms with Gasteiger partial charge < -0.3 is 78.1 Å². The van der Waals surface area contributed by atoms with Crippen molar-refractivity contribution in [2.45, 2.75) is 157 Å². The summed E-state index contributed by atoms with van der Waals surface area (Å²) in [5.74, 6) is -5.42. The van der Waals surface area contributed by atoms with E-state index >= 15 is 0 Å². The van der Waals surface area contributed by atoms with Crippen molar-refractivity contribution >= 4 is 116 Å². The summed E-state index contributed by atoms with van der Waals surface area (Å²) in [6, 6.07) is 6.24. The third kappa shape index (κ3) is 29.7. The predicted octanol–water partition coefficient (Wildman–Crippen LogP) is 1.04. The molecule has 0 radical (unpaired) electrons. The number of primary amides is 2. The van der Waals surface area contributed by atoms with Crippen LogP contribution in [0.15, 0.2) is 48.5 Å². The molecule has 0 saturated carbocycles. The first kappa shape index (κ1) is 86.5. The minimum atomic E-state index is -4.01. The van der Waals surface area contributed by atoms with Gasteiger partial charge in [0.25, 0.3) is 0 Å². The smallest absolute Gasteiger partial charge is 0.246 e. The van der Waals surface area contributed by atoms with Crippen molar-refractivity contribution in [1.82, 2.24) is 56.4 Å². The number of hydrogen-bond donors (Lipinski definition) is 13. The molecule has 3 fully saturated rings.